The van der Waals surface area contributed by atoms with E-state index in [2.05, 4.69) is 16.3 Å². The lowest BCUT2D eigenvalue weighted by Crippen LogP contribution is -2.38. The van der Waals surface area contributed by atoms with Crippen molar-refractivity contribution in [1.82, 2.24) is 10.2 Å². The van der Waals surface area contributed by atoms with Crippen LogP contribution < -0.4 is 11.1 Å². The van der Waals surface area contributed by atoms with Gasteiger partial charge in [-0.2, -0.15) is 0 Å². The lowest BCUT2D eigenvalue weighted by atomic mass is 9.99. The minimum absolute atomic E-state index is 0.128. The lowest BCUT2D eigenvalue weighted by molar-refractivity contribution is -0.122. The van der Waals surface area contributed by atoms with Crippen LogP contribution in [-0.2, 0) is 4.79 Å². The highest BCUT2D eigenvalue weighted by molar-refractivity contribution is 6.30. The molecule has 1 aromatic carbocycles. The van der Waals surface area contributed by atoms with Crippen LogP contribution in [0.25, 0.3) is 0 Å². The van der Waals surface area contributed by atoms with Crippen molar-refractivity contribution >= 4 is 17.5 Å². The van der Waals surface area contributed by atoms with Crippen molar-refractivity contribution in [1.29, 1.82) is 0 Å². The average Bonchev–Trinajstić information content (AvgIpc) is 3.21. The van der Waals surface area contributed by atoms with Crippen LogP contribution in [0.15, 0.2) is 24.3 Å². The van der Waals surface area contributed by atoms with E-state index in [9.17, 15) is 4.79 Å². The Balaban J connectivity index is 1.60. The van der Waals surface area contributed by atoms with E-state index in [-0.39, 0.29) is 18.0 Å². The first-order valence-corrected chi connectivity index (χ1v) is 9.53. The maximum absolute atomic E-state index is 12.4. The van der Waals surface area contributed by atoms with Crippen molar-refractivity contribution in [2.45, 2.75) is 50.6 Å². The number of hydrogen-bond donors (Lipinski definition) is 2. The Hall–Kier alpha value is -1.10. The van der Waals surface area contributed by atoms with Crippen LogP contribution in [0.2, 0.25) is 5.02 Å². The third kappa shape index (κ3) is 4.50. The Morgan fingerprint density at radius 3 is 2.75 bits per heavy atom. The van der Waals surface area contributed by atoms with Gasteiger partial charge in [0.15, 0.2) is 0 Å². The fraction of sp³-hybridized carbons (Fsp3) is 0.632. The van der Waals surface area contributed by atoms with E-state index in [1.165, 1.54) is 18.4 Å². The predicted octanol–water partition coefficient (Wildman–Crippen LogP) is 3.11. The molecule has 1 aliphatic carbocycles. The molecule has 0 aromatic heterocycles. The number of amides is 1. The van der Waals surface area contributed by atoms with Gasteiger partial charge in [0, 0.05) is 24.0 Å². The number of rotatable bonds is 6. The first-order valence-electron chi connectivity index (χ1n) is 9.15. The van der Waals surface area contributed by atoms with Gasteiger partial charge >= 0.3 is 0 Å². The molecule has 2 fully saturated rings. The van der Waals surface area contributed by atoms with E-state index in [0.717, 1.165) is 37.4 Å². The minimum atomic E-state index is 0.128. The minimum Gasteiger partial charge on any atom is -0.354 e. The summed E-state index contributed by atoms with van der Waals surface area (Å²) in [6.07, 6.45) is 6.29. The molecule has 3 N–H and O–H groups in total. The molecule has 0 radical (unpaired) electrons. The Morgan fingerprint density at radius 2 is 2.08 bits per heavy atom. The van der Waals surface area contributed by atoms with E-state index in [0.29, 0.717) is 18.9 Å². The maximum Gasteiger partial charge on any atom is 0.220 e. The van der Waals surface area contributed by atoms with Gasteiger partial charge in [0.2, 0.25) is 5.91 Å². The smallest absolute Gasteiger partial charge is 0.220 e. The van der Waals surface area contributed by atoms with Gasteiger partial charge in [-0.1, -0.05) is 30.2 Å². The zero-order valence-corrected chi connectivity index (χ0v) is 15.0. The molecule has 1 unspecified atom stereocenters. The number of halogens is 1. The first kappa shape index (κ1) is 17.7. The molecule has 1 saturated carbocycles. The van der Waals surface area contributed by atoms with E-state index in [4.69, 9.17) is 17.3 Å². The summed E-state index contributed by atoms with van der Waals surface area (Å²) in [6, 6.07) is 8.40. The first-order chi connectivity index (χ1) is 11.6. The summed E-state index contributed by atoms with van der Waals surface area (Å²) in [5.41, 5.74) is 7.27. The van der Waals surface area contributed by atoms with Crippen LogP contribution in [0.4, 0.5) is 0 Å². The van der Waals surface area contributed by atoms with Crippen molar-refractivity contribution in [3.8, 4) is 0 Å². The Bertz CT molecular complexity index is 559. The van der Waals surface area contributed by atoms with Gasteiger partial charge < -0.3 is 11.1 Å². The normalized spacial score (nSPS) is 25.8. The molecule has 1 aromatic rings. The molecule has 132 valence electrons. The van der Waals surface area contributed by atoms with Gasteiger partial charge in [-0.15, -0.1) is 0 Å². The summed E-state index contributed by atoms with van der Waals surface area (Å²) in [6.45, 7) is 2.81. The summed E-state index contributed by atoms with van der Waals surface area (Å²) in [5.74, 6) is 0.477. The monoisotopic (exact) mass is 349 g/mol. The second-order valence-electron chi connectivity index (χ2n) is 7.18. The van der Waals surface area contributed by atoms with Crippen molar-refractivity contribution in [2.75, 3.05) is 19.6 Å². The fourth-order valence-electron chi connectivity index (χ4n) is 4.06. The molecule has 1 aliphatic heterocycles. The number of likely N-dealkylation sites (tertiary alicyclic amines) is 1. The molecule has 3 rings (SSSR count). The summed E-state index contributed by atoms with van der Waals surface area (Å²) in [7, 11) is 0. The molecule has 5 heteroatoms. The second-order valence-corrected chi connectivity index (χ2v) is 7.61. The van der Waals surface area contributed by atoms with Crippen LogP contribution in [0.1, 0.15) is 50.1 Å². The molecule has 0 spiro atoms. The standard InChI is InChI=1S/C19H28ClN3O/c20-16-7-3-6-15(11-16)18(23-9-1-2-10-23)13-22-19(24)12-14-5-4-8-17(14)21/h3,6-7,11,14,17-18H,1-2,4-5,8-10,12-13,21H2,(H,22,24)/t14-,17+,18?/m0/s1. The molecular weight excluding hydrogens is 322 g/mol. The van der Waals surface area contributed by atoms with Crippen molar-refractivity contribution in [3.05, 3.63) is 34.9 Å². The zero-order valence-electron chi connectivity index (χ0n) is 14.2. The van der Waals surface area contributed by atoms with Crippen molar-refractivity contribution in [3.63, 3.8) is 0 Å². The SMILES string of the molecule is N[C@@H]1CCC[C@H]1CC(=O)NCC(c1cccc(Cl)c1)N1CCCC1. The van der Waals surface area contributed by atoms with E-state index < -0.39 is 0 Å². The van der Waals surface area contributed by atoms with Gasteiger partial charge in [-0.3, -0.25) is 9.69 Å². The highest BCUT2D eigenvalue weighted by Gasteiger charge is 2.27. The van der Waals surface area contributed by atoms with Crippen LogP contribution in [-0.4, -0.2) is 36.5 Å². The third-order valence-electron chi connectivity index (χ3n) is 5.47. The van der Waals surface area contributed by atoms with Crippen LogP contribution >= 0.6 is 11.6 Å². The number of carbonyl (C=O) groups is 1. The van der Waals surface area contributed by atoms with Crippen LogP contribution in [0.5, 0.6) is 0 Å². The molecular formula is C19H28ClN3O. The second kappa shape index (κ2) is 8.32. The fourth-order valence-corrected chi connectivity index (χ4v) is 4.26. The number of carbonyl (C=O) groups excluding carboxylic acids is 1. The number of nitrogens with two attached hydrogens (primary N) is 1. The van der Waals surface area contributed by atoms with Gasteiger partial charge in [0.1, 0.15) is 0 Å². The third-order valence-corrected chi connectivity index (χ3v) is 5.71. The number of nitrogens with one attached hydrogen (secondary N) is 1. The molecule has 1 heterocycles. The predicted molar refractivity (Wildman–Crippen MR) is 97.9 cm³/mol. The van der Waals surface area contributed by atoms with Gasteiger partial charge in [-0.25, -0.2) is 0 Å². The van der Waals surface area contributed by atoms with Gasteiger partial charge in [0.25, 0.3) is 0 Å². The highest BCUT2D eigenvalue weighted by Crippen LogP contribution is 2.28. The summed E-state index contributed by atoms with van der Waals surface area (Å²) < 4.78 is 0. The number of benzene rings is 1. The van der Waals surface area contributed by atoms with Crippen molar-refractivity contribution < 1.29 is 4.79 Å². The molecule has 3 atom stereocenters. The zero-order chi connectivity index (χ0) is 16.9. The Kier molecular flexibility index (Phi) is 6.14. The lowest BCUT2D eigenvalue weighted by Gasteiger charge is -2.28. The van der Waals surface area contributed by atoms with E-state index in [1.54, 1.807) is 0 Å². The quantitative estimate of drug-likeness (QED) is 0.829. The Morgan fingerprint density at radius 1 is 1.29 bits per heavy atom. The Labute approximate surface area is 149 Å². The molecule has 24 heavy (non-hydrogen) atoms. The largest absolute Gasteiger partial charge is 0.354 e. The molecule has 0 bridgehead atoms. The summed E-state index contributed by atoms with van der Waals surface area (Å²) in [4.78, 5) is 14.8. The van der Waals surface area contributed by atoms with Crippen molar-refractivity contribution in [2.24, 2.45) is 11.7 Å². The van der Waals surface area contributed by atoms with Crippen LogP contribution in [0.3, 0.4) is 0 Å². The molecule has 1 saturated heterocycles. The van der Waals surface area contributed by atoms with Gasteiger partial charge in [0.05, 0.1) is 6.04 Å². The summed E-state index contributed by atoms with van der Waals surface area (Å²) >= 11 is 6.17. The number of nitrogens with zero attached hydrogens (tertiary/aromatic N) is 1. The van der Waals surface area contributed by atoms with E-state index in [1.807, 2.05) is 18.2 Å². The van der Waals surface area contributed by atoms with E-state index >= 15 is 0 Å². The molecule has 1 amide bonds. The highest BCUT2D eigenvalue weighted by atomic mass is 35.5. The maximum atomic E-state index is 12.4. The average molecular weight is 350 g/mol. The molecule has 4 nitrogen and oxygen atoms in total. The number of hydrogen-bond acceptors (Lipinski definition) is 3. The summed E-state index contributed by atoms with van der Waals surface area (Å²) in [5, 5.41) is 3.90. The van der Waals surface area contributed by atoms with Gasteiger partial charge in [-0.05, 0) is 62.4 Å². The topological polar surface area (TPSA) is 58.4 Å². The molecule has 2 aliphatic rings. The van der Waals surface area contributed by atoms with Crippen LogP contribution in [0, 0.1) is 5.92 Å².